The molecule has 1 atom stereocenters. The number of likely N-dealkylation sites (tertiary alicyclic amines) is 1. The minimum atomic E-state index is -0.614. The van der Waals surface area contributed by atoms with Crippen molar-refractivity contribution in [1.29, 1.82) is 0 Å². The van der Waals surface area contributed by atoms with Crippen molar-refractivity contribution in [3.8, 4) is 0 Å². The van der Waals surface area contributed by atoms with Crippen molar-refractivity contribution in [3.05, 3.63) is 0 Å². The average molecular weight is 240 g/mol. The van der Waals surface area contributed by atoms with E-state index in [0.717, 1.165) is 31.7 Å². The van der Waals surface area contributed by atoms with Gasteiger partial charge in [0.2, 0.25) is 0 Å². The summed E-state index contributed by atoms with van der Waals surface area (Å²) in [6.07, 6.45) is 5.24. The van der Waals surface area contributed by atoms with E-state index in [-0.39, 0.29) is 0 Å². The van der Waals surface area contributed by atoms with Gasteiger partial charge in [-0.05, 0) is 51.7 Å². The lowest BCUT2D eigenvalue weighted by Crippen LogP contribution is -2.46. The first kappa shape index (κ1) is 12.8. The first-order valence-electron chi connectivity index (χ1n) is 6.75. The van der Waals surface area contributed by atoms with Gasteiger partial charge in [-0.25, -0.2) is 0 Å². The molecule has 1 saturated heterocycles. The van der Waals surface area contributed by atoms with Gasteiger partial charge < -0.3 is 15.3 Å². The summed E-state index contributed by atoms with van der Waals surface area (Å²) in [6, 6.07) is 0. The lowest BCUT2D eigenvalue weighted by molar-refractivity contribution is -0.154. The van der Waals surface area contributed by atoms with E-state index < -0.39 is 11.4 Å². The Hall–Kier alpha value is -0.610. The quantitative estimate of drug-likeness (QED) is 0.684. The molecule has 0 aromatic rings. The van der Waals surface area contributed by atoms with Crippen molar-refractivity contribution in [2.24, 2.45) is 11.3 Å². The minimum Gasteiger partial charge on any atom is -0.481 e. The van der Waals surface area contributed by atoms with Crippen LogP contribution in [0.15, 0.2) is 0 Å². The lowest BCUT2D eigenvalue weighted by atomic mass is 9.69. The summed E-state index contributed by atoms with van der Waals surface area (Å²) in [7, 11) is 2.17. The van der Waals surface area contributed by atoms with Crippen molar-refractivity contribution in [2.45, 2.75) is 32.1 Å². The molecule has 2 N–H and O–H groups in total. The first-order chi connectivity index (χ1) is 8.12. The number of carboxylic acid groups (broad SMARTS) is 1. The van der Waals surface area contributed by atoms with Gasteiger partial charge in [0.15, 0.2) is 0 Å². The predicted octanol–water partition coefficient (Wildman–Crippen LogP) is 1.17. The van der Waals surface area contributed by atoms with Gasteiger partial charge in [0.05, 0.1) is 5.41 Å². The highest BCUT2D eigenvalue weighted by Gasteiger charge is 2.43. The summed E-state index contributed by atoms with van der Waals surface area (Å²) >= 11 is 0. The van der Waals surface area contributed by atoms with Gasteiger partial charge in [0.25, 0.3) is 0 Å². The van der Waals surface area contributed by atoms with E-state index in [9.17, 15) is 9.90 Å². The fraction of sp³-hybridized carbons (Fsp3) is 0.923. The second kappa shape index (κ2) is 5.36. The van der Waals surface area contributed by atoms with E-state index in [2.05, 4.69) is 17.3 Å². The first-order valence-corrected chi connectivity index (χ1v) is 6.75. The van der Waals surface area contributed by atoms with Crippen LogP contribution in [-0.2, 0) is 4.79 Å². The Morgan fingerprint density at radius 3 is 2.76 bits per heavy atom. The molecular formula is C13H24N2O2. The molecule has 0 amide bonds. The van der Waals surface area contributed by atoms with E-state index in [1.54, 1.807) is 0 Å². The van der Waals surface area contributed by atoms with Crippen LogP contribution in [0.1, 0.15) is 32.1 Å². The van der Waals surface area contributed by atoms with Crippen molar-refractivity contribution in [2.75, 3.05) is 33.2 Å². The van der Waals surface area contributed by atoms with Gasteiger partial charge in [-0.15, -0.1) is 0 Å². The van der Waals surface area contributed by atoms with Crippen LogP contribution in [0.25, 0.3) is 0 Å². The summed E-state index contributed by atoms with van der Waals surface area (Å²) in [5.41, 5.74) is -0.438. The summed E-state index contributed by atoms with van der Waals surface area (Å²) < 4.78 is 0. The standard InChI is InChI=1S/C13H24N2O2/c1-15-8-4-11(9-15)3-7-14-10-13(12(16)17)5-2-6-13/h11,14H,2-10H2,1H3,(H,16,17). The lowest BCUT2D eigenvalue weighted by Gasteiger charge is -2.37. The maximum atomic E-state index is 11.2. The maximum absolute atomic E-state index is 11.2. The second-order valence-electron chi connectivity index (χ2n) is 5.82. The fourth-order valence-electron chi connectivity index (χ4n) is 2.97. The van der Waals surface area contributed by atoms with Crippen molar-refractivity contribution in [1.82, 2.24) is 10.2 Å². The van der Waals surface area contributed by atoms with Crippen LogP contribution in [0, 0.1) is 11.3 Å². The van der Waals surface area contributed by atoms with Crippen LogP contribution < -0.4 is 5.32 Å². The molecule has 2 rings (SSSR count). The molecule has 4 nitrogen and oxygen atoms in total. The fourth-order valence-corrected chi connectivity index (χ4v) is 2.97. The highest BCUT2D eigenvalue weighted by molar-refractivity contribution is 5.76. The van der Waals surface area contributed by atoms with Gasteiger partial charge in [-0.3, -0.25) is 4.79 Å². The molecule has 1 aliphatic heterocycles. The number of aliphatic carboxylic acids is 1. The van der Waals surface area contributed by atoms with Gasteiger partial charge in [-0.1, -0.05) is 6.42 Å². The Labute approximate surface area is 103 Å². The van der Waals surface area contributed by atoms with Crippen LogP contribution in [0.4, 0.5) is 0 Å². The third-order valence-electron chi connectivity index (χ3n) is 4.45. The van der Waals surface area contributed by atoms with Crippen LogP contribution >= 0.6 is 0 Å². The zero-order chi connectivity index (χ0) is 12.3. The summed E-state index contributed by atoms with van der Waals surface area (Å²) in [4.78, 5) is 13.5. The van der Waals surface area contributed by atoms with Crippen molar-refractivity contribution < 1.29 is 9.90 Å². The van der Waals surface area contributed by atoms with Gasteiger partial charge >= 0.3 is 5.97 Å². The number of hydrogen-bond donors (Lipinski definition) is 2. The Morgan fingerprint density at radius 1 is 1.53 bits per heavy atom. The molecule has 1 aliphatic carbocycles. The molecule has 1 unspecified atom stereocenters. The number of hydrogen-bond acceptors (Lipinski definition) is 3. The number of rotatable bonds is 6. The second-order valence-corrected chi connectivity index (χ2v) is 5.82. The van der Waals surface area contributed by atoms with E-state index in [0.29, 0.717) is 6.54 Å². The minimum absolute atomic E-state index is 0.438. The summed E-state index contributed by atoms with van der Waals surface area (Å²) in [6.45, 7) is 4.04. The SMILES string of the molecule is CN1CCC(CCNCC2(C(=O)O)CCC2)C1. The molecule has 2 fully saturated rings. The normalized spacial score (nSPS) is 27.9. The van der Waals surface area contributed by atoms with E-state index in [1.807, 2.05) is 0 Å². The molecule has 0 radical (unpaired) electrons. The molecule has 4 heteroatoms. The zero-order valence-corrected chi connectivity index (χ0v) is 10.7. The number of nitrogens with one attached hydrogen (secondary N) is 1. The number of carbonyl (C=O) groups is 1. The van der Waals surface area contributed by atoms with Crippen LogP contribution in [0.2, 0.25) is 0 Å². The molecule has 0 aromatic carbocycles. The summed E-state index contributed by atoms with van der Waals surface area (Å²) in [5.74, 6) is 0.187. The third-order valence-corrected chi connectivity index (χ3v) is 4.45. The van der Waals surface area contributed by atoms with Crippen LogP contribution in [0.3, 0.4) is 0 Å². The Morgan fingerprint density at radius 2 is 2.29 bits per heavy atom. The molecule has 0 bridgehead atoms. The highest BCUT2D eigenvalue weighted by Crippen LogP contribution is 2.40. The van der Waals surface area contributed by atoms with Crippen LogP contribution in [0.5, 0.6) is 0 Å². The van der Waals surface area contributed by atoms with Gasteiger partial charge in [0.1, 0.15) is 0 Å². The van der Waals surface area contributed by atoms with Crippen LogP contribution in [-0.4, -0.2) is 49.2 Å². The molecule has 1 heterocycles. The molecule has 17 heavy (non-hydrogen) atoms. The van der Waals surface area contributed by atoms with E-state index in [1.165, 1.54) is 25.9 Å². The van der Waals surface area contributed by atoms with E-state index >= 15 is 0 Å². The monoisotopic (exact) mass is 240 g/mol. The smallest absolute Gasteiger partial charge is 0.310 e. The van der Waals surface area contributed by atoms with E-state index in [4.69, 9.17) is 0 Å². The molecular weight excluding hydrogens is 216 g/mol. The number of nitrogens with zero attached hydrogens (tertiary/aromatic N) is 1. The molecule has 98 valence electrons. The largest absolute Gasteiger partial charge is 0.481 e. The van der Waals surface area contributed by atoms with Crippen molar-refractivity contribution in [3.63, 3.8) is 0 Å². The summed E-state index contributed by atoms with van der Waals surface area (Å²) in [5, 5.41) is 12.5. The molecule has 1 saturated carbocycles. The van der Waals surface area contributed by atoms with Gasteiger partial charge in [-0.2, -0.15) is 0 Å². The van der Waals surface area contributed by atoms with Gasteiger partial charge in [0, 0.05) is 13.1 Å². The Kier molecular flexibility index (Phi) is 4.05. The topological polar surface area (TPSA) is 52.6 Å². The zero-order valence-electron chi connectivity index (χ0n) is 10.7. The number of carboxylic acids is 1. The average Bonchev–Trinajstić information content (AvgIpc) is 2.61. The molecule has 0 spiro atoms. The third kappa shape index (κ3) is 2.99. The highest BCUT2D eigenvalue weighted by atomic mass is 16.4. The van der Waals surface area contributed by atoms with Crippen molar-refractivity contribution >= 4 is 5.97 Å². The Balaban J connectivity index is 1.61. The molecule has 2 aliphatic rings. The Bertz CT molecular complexity index is 277. The molecule has 0 aromatic heterocycles. The maximum Gasteiger partial charge on any atom is 0.310 e. The predicted molar refractivity (Wildman–Crippen MR) is 67.0 cm³/mol.